The van der Waals surface area contributed by atoms with Gasteiger partial charge in [-0.1, -0.05) is 34.7 Å². The number of carboxylic acid groups (broad SMARTS) is 1. The Balaban J connectivity index is 0.877. The van der Waals surface area contributed by atoms with Gasteiger partial charge in [0.2, 0.25) is 12.2 Å². The van der Waals surface area contributed by atoms with E-state index in [2.05, 4.69) is 15.6 Å². The number of esters is 1. The SMILES string of the molecule is CC[C@@]1(O)C(=O)OCc2c1cc1n(c2=O)Cc2c-1nc1cc(F)c(OS(=O)(=O)Oc3cc(C(=O)N(C)CCOCCOCCOCCn4cc(CNC(=O)CI)nn4)ccc3OC3O[C@H](C(=O)O)[C@@H](O)[C@H](O)[C@H]3O)c3c1c2CCC3. The summed E-state index contributed by atoms with van der Waals surface area (Å²) >= 11 is 1.96. The summed E-state index contributed by atoms with van der Waals surface area (Å²) in [4.78, 5) is 69.7. The topological polar surface area (TPSA) is 358 Å². The van der Waals surface area contributed by atoms with Crippen molar-refractivity contribution in [2.45, 2.75) is 95.2 Å². The van der Waals surface area contributed by atoms with Crippen LogP contribution in [0.25, 0.3) is 22.3 Å². The quantitative estimate of drug-likeness (QED) is 0.0203. The molecule has 5 aromatic rings. The zero-order valence-corrected chi connectivity index (χ0v) is 45.8. The van der Waals surface area contributed by atoms with Crippen molar-refractivity contribution < 1.29 is 94.3 Å². The van der Waals surface area contributed by atoms with Crippen molar-refractivity contribution in [2.75, 3.05) is 57.7 Å². The van der Waals surface area contributed by atoms with Crippen molar-refractivity contribution in [2.24, 2.45) is 0 Å². The average Bonchev–Trinajstić information content (AvgIpc) is 4.26. The number of benzene rings is 2. The molecule has 0 saturated carbocycles. The Morgan fingerprint density at radius 3 is 2.39 bits per heavy atom. The number of rotatable bonds is 24. The lowest BCUT2D eigenvalue weighted by molar-refractivity contribution is -0.271. The van der Waals surface area contributed by atoms with E-state index in [1.165, 1.54) is 28.6 Å². The van der Waals surface area contributed by atoms with Gasteiger partial charge in [0.05, 0.1) is 92.4 Å². The summed E-state index contributed by atoms with van der Waals surface area (Å²) in [5.74, 6) is -6.76. The van der Waals surface area contributed by atoms with Gasteiger partial charge in [-0.3, -0.25) is 14.4 Å². The lowest BCUT2D eigenvalue weighted by atomic mass is 9.85. The van der Waals surface area contributed by atoms with Crippen LogP contribution in [0.4, 0.5) is 4.39 Å². The Kier molecular flexibility index (Phi) is 17.7. The van der Waals surface area contributed by atoms with Crippen LogP contribution in [-0.2, 0) is 93.2 Å². The summed E-state index contributed by atoms with van der Waals surface area (Å²) in [7, 11) is -4.01. The van der Waals surface area contributed by atoms with E-state index >= 15 is 4.39 Å². The van der Waals surface area contributed by atoms with Crippen LogP contribution in [-0.4, -0.2) is 176 Å². The van der Waals surface area contributed by atoms with Crippen LogP contribution in [0.3, 0.4) is 0 Å². The Hall–Kier alpha value is -6.49. The summed E-state index contributed by atoms with van der Waals surface area (Å²) in [6, 6.07) is 5.60. The minimum absolute atomic E-state index is 0.0108. The Morgan fingerprint density at radius 2 is 1.66 bits per heavy atom. The van der Waals surface area contributed by atoms with Gasteiger partial charge < -0.3 is 77.1 Å². The predicted molar refractivity (Wildman–Crippen MR) is 278 cm³/mol. The largest absolute Gasteiger partial charge is 0.501 e. The number of carbonyl (C=O) groups is 4. The van der Waals surface area contributed by atoms with E-state index in [1.807, 2.05) is 22.6 Å². The van der Waals surface area contributed by atoms with Crippen LogP contribution >= 0.6 is 22.6 Å². The molecule has 2 aromatic carbocycles. The number of aryl methyl sites for hydroxylation is 2. The summed E-state index contributed by atoms with van der Waals surface area (Å²) in [5, 5.41) is 63.5. The lowest BCUT2D eigenvalue weighted by Crippen LogP contribution is -2.61. The summed E-state index contributed by atoms with van der Waals surface area (Å²) in [6.45, 7) is 3.26. The number of aliphatic hydroxyl groups excluding tert-OH is 3. The number of aliphatic carboxylic acids is 1. The number of likely N-dealkylation sites (N-methyl/N-ethyl adjacent to an activating group) is 1. The Bertz CT molecular complexity index is 3400. The average molecular weight is 1250 g/mol. The van der Waals surface area contributed by atoms with Gasteiger partial charge in [-0.25, -0.2) is 23.6 Å². The first-order valence-corrected chi connectivity index (χ1v) is 28.0. The van der Waals surface area contributed by atoms with E-state index < -0.39 is 93.2 Å². The maximum absolute atomic E-state index is 16.4. The highest BCUT2D eigenvalue weighted by atomic mass is 127. The number of aliphatic hydroxyl groups is 4. The molecule has 1 unspecified atom stereocenters. The number of cyclic esters (lactones) is 1. The standard InChI is InChI=1S/C50H55FIN7O20S/c1-3-50(69)31-18-34-39-29(23-59(34)46(65)30(31)24-75-49(50)68)27-5-4-6-28-38(27)33(54-39)19-32(51)43(28)79-80(70,71)78-36-17-25(7-8-35(36)76-48-42(63)40(61)41(62)44(77-48)47(66)67)45(64)57(2)9-11-72-13-15-74-16-14-73-12-10-58-22-26(55-56-58)21-53-37(60)20-52/h7-8,17-19,22,40-42,44,48,61-63,69H,3-6,9-16,20-21,23-24H2,1-2H3,(H,53,60)(H,66,67)/t40-,41-,42+,44-,48?,50-/m0/s1. The molecule has 430 valence electrons. The minimum atomic E-state index is -5.44. The molecule has 9 rings (SSSR count). The molecule has 1 fully saturated rings. The molecule has 6 atom stereocenters. The molecule has 0 bridgehead atoms. The van der Waals surface area contributed by atoms with Crippen molar-refractivity contribution in [1.82, 2.24) is 34.8 Å². The molecule has 1 saturated heterocycles. The third-order valence-electron chi connectivity index (χ3n) is 13.9. The zero-order chi connectivity index (χ0) is 57.2. The number of halogens is 2. The summed E-state index contributed by atoms with van der Waals surface area (Å²) in [5.41, 5.74) is -0.0192. The van der Waals surface area contributed by atoms with E-state index in [4.69, 9.17) is 41.8 Å². The summed E-state index contributed by atoms with van der Waals surface area (Å²) < 4.78 is 91.5. The van der Waals surface area contributed by atoms with Crippen LogP contribution < -0.4 is 24.0 Å². The molecule has 6 N–H and O–H groups in total. The molecule has 27 nitrogen and oxygen atoms in total. The molecular weight excluding hydrogens is 1200 g/mol. The van der Waals surface area contributed by atoms with Gasteiger partial charge >= 0.3 is 22.3 Å². The first-order chi connectivity index (χ1) is 38.2. The van der Waals surface area contributed by atoms with Crippen molar-refractivity contribution in [1.29, 1.82) is 0 Å². The predicted octanol–water partition coefficient (Wildman–Crippen LogP) is 0.146. The van der Waals surface area contributed by atoms with Crippen LogP contribution in [0.15, 0.2) is 41.3 Å². The number of ether oxygens (including phenoxy) is 6. The number of aromatic nitrogens is 5. The minimum Gasteiger partial charge on any atom is -0.479 e. The van der Waals surface area contributed by atoms with Crippen molar-refractivity contribution >= 4 is 67.6 Å². The van der Waals surface area contributed by atoms with Gasteiger partial charge in [0.1, 0.15) is 30.6 Å². The number of pyridine rings is 2. The number of amides is 2. The molecule has 0 radical (unpaired) electrons. The molecule has 3 aromatic heterocycles. The third kappa shape index (κ3) is 11.9. The maximum atomic E-state index is 16.4. The third-order valence-corrected chi connectivity index (χ3v) is 15.3. The van der Waals surface area contributed by atoms with E-state index in [9.17, 15) is 57.9 Å². The molecule has 4 aliphatic rings. The van der Waals surface area contributed by atoms with Gasteiger partial charge in [-0.05, 0) is 55.5 Å². The van der Waals surface area contributed by atoms with Crippen LogP contribution in [0.2, 0.25) is 0 Å². The number of carbonyl (C=O) groups excluding carboxylic acids is 3. The van der Waals surface area contributed by atoms with Gasteiger partial charge in [-0.2, -0.15) is 0 Å². The Labute approximate surface area is 467 Å². The van der Waals surface area contributed by atoms with Crippen molar-refractivity contribution in [3.05, 3.63) is 91.8 Å². The van der Waals surface area contributed by atoms with E-state index in [0.29, 0.717) is 58.3 Å². The van der Waals surface area contributed by atoms with Gasteiger partial charge in [0, 0.05) is 47.3 Å². The second-order valence-electron chi connectivity index (χ2n) is 19.0. The maximum Gasteiger partial charge on any atom is 0.501 e. The monoisotopic (exact) mass is 1250 g/mol. The smallest absolute Gasteiger partial charge is 0.479 e. The highest BCUT2D eigenvalue weighted by Crippen LogP contribution is 2.45. The lowest BCUT2D eigenvalue weighted by Gasteiger charge is -2.38. The number of fused-ring (bicyclic) bond motifs is 5. The van der Waals surface area contributed by atoms with Crippen LogP contribution in [0, 0.1) is 5.82 Å². The molecule has 0 spiro atoms. The highest BCUT2D eigenvalue weighted by molar-refractivity contribution is 14.1. The molecular formula is C50H55FIN7O20S. The normalized spacial score (nSPS) is 21.1. The molecule has 1 aliphatic carbocycles. The van der Waals surface area contributed by atoms with Crippen LogP contribution in [0.5, 0.6) is 17.2 Å². The fourth-order valence-corrected chi connectivity index (χ4v) is 10.8. The molecule has 6 heterocycles. The number of carboxylic acids is 1. The van der Waals surface area contributed by atoms with Gasteiger partial charge in [0.15, 0.2) is 34.8 Å². The second kappa shape index (κ2) is 24.3. The van der Waals surface area contributed by atoms with E-state index in [-0.39, 0.29) is 111 Å². The van der Waals surface area contributed by atoms with Gasteiger partial charge in [-0.15, -0.1) is 13.5 Å². The Morgan fingerprint density at radius 1 is 0.938 bits per heavy atom. The molecule has 30 heteroatoms. The highest BCUT2D eigenvalue weighted by Gasteiger charge is 2.49. The fraction of sp³-hybridized carbons (Fsp3) is 0.480. The zero-order valence-electron chi connectivity index (χ0n) is 42.9. The van der Waals surface area contributed by atoms with E-state index in [0.717, 1.165) is 18.2 Å². The van der Waals surface area contributed by atoms with Gasteiger partial charge in [0.25, 0.3) is 11.5 Å². The van der Waals surface area contributed by atoms with E-state index in [1.54, 1.807) is 17.8 Å². The molecule has 80 heavy (non-hydrogen) atoms. The summed E-state index contributed by atoms with van der Waals surface area (Å²) in [6.07, 6.45) is -8.02. The fourth-order valence-electron chi connectivity index (χ4n) is 9.71. The first kappa shape index (κ1) is 58.2. The van der Waals surface area contributed by atoms with Crippen molar-refractivity contribution in [3.8, 4) is 28.6 Å². The number of alkyl halides is 1. The first-order valence-electron chi connectivity index (χ1n) is 25.1. The van der Waals surface area contributed by atoms with Crippen LogP contribution in [0.1, 0.15) is 63.6 Å². The molecule has 2 amide bonds. The number of nitrogens with zero attached hydrogens (tertiary/aromatic N) is 6. The second-order valence-corrected chi connectivity index (χ2v) is 20.9. The molecule has 3 aliphatic heterocycles. The number of hydrogen-bond donors (Lipinski definition) is 6. The van der Waals surface area contributed by atoms with Crippen molar-refractivity contribution in [3.63, 3.8) is 0 Å². The number of hydrogen-bond acceptors (Lipinski definition) is 22. The number of nitrogens with one attached hydrogen (secondary N) is 1.